The normalized spacial score (nSPS) is 15.2. The summed E-state index contributed by atoms with van der Waals surface area (Å²) in [5, 5.41) is 0. The van der Waals surface area contributed by atoms with Gasteiger partial charge in [-0.15, -0.1) is 0 Å². The van der Waals surface area contributed by atoms with Crippen LogP contribution in [0, 0.1) is 0 Å². The summed E-state index contributed by atoms with van der Waals surface area (Å²) in [6.45, 7) is 3.41. The Kier molecular flexibility index (Phi) is 5.15. The predicted molar refractivity (Wildman–Crippen MR) is 93.2 cm³/mol. The van der Waals surface area contributed by atoms with E-state index in [0.717, 1.165) is 18.1 Å². The van der Waals surface area contributed by atoms with E-state index in [2.05, 4.69) is 4.98 Å². The van der Waals surface area contributed by atoms with Crippen LogP contribution in [0.15, 0.2) is 42.6 Å². The molecule has 2 aromatic rings. The average molecular weight is 363 g/mol. The number of rotatable bonds is 3. The molecule has 0 bridgehead atoms. The lowest BCUT2D eigenvalue weighted by atomic mass is 10.1. The minimum absolute atomic E-state index is 0.0700. The highest BCUT2D eigenvalue weighted by molar-refractivity contribution is 5.94. The molecule has 1 saturated heterocycles. The molecule has 26 heavy (non-hydrogen) atoms. The van der Waals surface area contributed by atoms with Crippen LogP contribution in [0.3, 0.4) is 0 Å². The molecule has 0 saturated carbocycles. The van der Waals surface area contributed by atoms with E-state index in [-0.39, 0.29) is 11.7 Å². The highest BCUT2D eigenvalue weighted by atomic mass is 19.4. The number of benzene rings is 1. The lowest BCUT2D eigenvalue weighted by molar-refractivity contribution is -0.137. The fourth-order valence-electron chi connectivity index (χ4n) is 3.06. The van der Waals surface area contributed by atoms with Gasteiger partial charge < -0.3 is 9.80 Å². The Morgan fingerprint density at radius 2 is 1.73 bits per heavy atom. The second-order valence-corrected chi connectivity index (χ2v) is 6.20. The van der Waals surface area contributed by atoms with Gasteiger partial charge in [0.1, 0.15) is 5.82 Å². The van der Waals surface area contributed by atoms with Crippen molar-refractivity contribution in [3.63, 3.8) is 0 Å². The Morgan fingerprint density at radius 1 is 1.08 bits per heavy atom. The Balaban J connectivity index is 1.69. The third-order valence-electron chi connectivity index (χ3n) is 4.57. The second-order valence-electron chi connectivity index (χ2n) is 6.20. The lowest BCUT2D eigenvalue weighted by Gasteiger charge is -2.36. The van der Waals surface area contributed by atoms with Crippen molar-refractivity contribution < 1.29 is 18.0 Å². The maximum atomic E-state index is 13.2. The van der Waals surface area contributed by atoms with Gasteiger partial charge in [-0.25, -0.2) is 4.98 Å². The van der Waals surface area contributed by atoms with Crippen LogP contribution >= 0.6 is 0 Å². The second kappa shape index (κ2) is 7.35. The summed E-state index contributed by atoms with van der Waals surface area (Å²) in [5.74, 6) is -0.163. The molecule has 1 aliphatic rings. The molecule has 138 valence electrons. The fourth-order valence-corrected chi connectivity index (χ4v) is 3.06. The summed E-state index contributed by atoms with van der Waals surface area (Å²) < 4.78 is 39.5. The van der Waals surface area contributed by atoms with Crippen molar-refractivity contribution in [2.45, 2.75) is 19.5 Å². The first-order valence-electron chi connectivity index (χ1n) is 8.55. The van der Waals surface area contributed by atoms with E-state index in [1.807, 2.05) is 19.1 Å². The van der Waals surface area contributed by atoms with E-state index in [1.54, 1.807) is 21.9 Å². The molecule has 2 heterocycles. The monoisotopic (exact) mass is 363 g/mol. The van der Waals surface area contributed by atoms with Crippen LogP contribution in [0.25, 0.3) is 0 Å². The zero-order valence-electron chi connectivity index (χ0n) is 14.5. The maximum Gasteiger partial charge on any atom is 0.419 e. The van der Waals surface area contributed by atoms with Crippen LogP contribution in [0.4, 0.5) is 19.0 Å². The van der Waals surface area contributed by atoms with Gasteiger partial charge in [-0.2, -0.15) is 13.2 Å². The number of nitrogens with zero attached hydrogens (tertiary/aromatic N) is 3. The fraction of sp³-hybridized carbons (Fsp3) is 0.368. The van der Waals surface area contributed by atoms with Crippen LogP contribution in [0.2, 0.25) is 0 Å². The molecule has 0 unspecified atom stereocenters. The molecule has 7 heteroatoms. The smallest absolute Gasteiger partial charge is 0.353 e. The summed E-state index contributed by atoms with van der Waals surface area (Å²) in [6, 6.07) is 9.77. The summed E-state index contributed by atoms with van der Waals surface area (Å²) in [4.78, 5) is 19.8. The molecular weight excluding hydrogens is 343 g/mol. The molecule has 3 rings (SSSR count). The van der Waals surface area contributed by atoms with Gasteiger partial charge in [0.25, 0.3) is 5.91 Å². The van der Waals surface area contributed by atoms with E-state index in [1.165, 1.54) is 12.3 Å². The van der Waals surface area contributed by atoms with E-state index >= 15 is 0 Å². The van der Waals surface area contributed by atoms with Crippen LogP contribution in [0.1, 0.15) is 28.4 Å². The largest absolute Gasteiger partial charge is 0.419 e. The summed E-state index contributed by atoms with van der Waals surface area (Å²) in [5.41, 5.74) is 1.01. The third-order valence-corrected chi connectivity index (χ3v) is 4.57. The van der Waals surface area contributed by atoms with Crippen LogP contribution < -0.4 is 4.90 Å². The number of hydrogen-bond acceptors (Lipinski definition) is 3. The Bertz CT molecular complexity index is 766. The van der Waals surface area contributed by atoms with Crippen molar-refractivity contribution in [2.24, 2.45) is 0 Å². The molecule has 1 aromatic heterocycles. The molecule has 4 nitrogen and oxygen atoms in total. The SMILES string of the molecule is CCc1ccc(C(=O)N2CCN(c3ncccc3C(F)(F)F)CC2)cc1. The molecular formula is C19H20F3N3O. The summed E-state index contributed by atoms with van der Waals surface area (Å²) in [7, 11) is 0. The lowest BCUT2D eigenvalue weighted by Crippen LogP contribution is -2.49. The standard InChI is InChI=1S/C19H20F3N3O/c1-2-14-5-7-15(8-6-14)18(26)25-12-10-24(11-13-25)17-16(19(20,21)22)4-3-9-23-17/h3-9H,2,10-13H2,1H3. The molecule has 1 aliphatic heterocycles. The topological polar surface area (TPSA) is 36.4 Å². The number of carbonyl (C=O) groups excluding carboxylic acids is 1. The molecule has 1 aromatic carbocycles. The predicted octanol–water partition coefficient (Wildman–Crippen LogP) is 3.63. The summed E-state index contributed by atoms with van der Waals surface area (Å²) in [6.07, 6.45) is -2.19. The van der Waals surface area contributed by atoms with Crippen molar-refractivity contribution >= 4 is 11.7 Å². The molecule has 0 aliphatic carbocycles. The summed E-state index contributed by atoms with van der Waals surface area (Å²) >= 11 is 0. The van der Waals surface area contributed by atoms with E-state index in [9.17, 15) is 18.0 Å². The molecule has 0 spiro atoms. The van der Waals surface area contributed by atoms with Crippen molar-refractivity contribution in [1.29, 1.82) is 0 Å². The van der Waals surface area contributed by atoms with Gasteiger partial charge in [-0.05, 0) is 36.2 Å². The molecule has 0 atom stereocenters. The highest BCUT2D eigenvalue weighted by Gasteiger charge is 2.36. The minimum Gasteiger partial charge on any atom is -0.353 e. The van der Waals surface area contributed by atoms with Crippen molar-refractivity contribution in [2.75, 3.05) is 31.1 Å². The van der Waals surface area contributed by atoms with Crippen molar-refractivity contribution in [3.8, 4) is 0 Å². The molecule has 0 N–H and O–H groups in total. The zero-order chi connectivity index (χ0) is 18.7. The van der Waals surface area contributed by atoms with Gasteiger partial charge in [0.15, 0.2) is 0 Å². The van der Waals surface area contributed by atoms with Crippen LogP contribution in [-0.2, 0) is 12.6 Å². The number of aryl methyl sites for hydroxylation is 1. The Labute approximate surface area is 150 Å². The number of alkyl halides is 3. The van der Waals surface area contributed by atoms with Crippen molar-refractivity contribution in [1.82, 2.24) is 9.88 Å². The first kappa shape index (κ1) is 18.2. The Morgan fingerprint density at radius 3 is 2.31 bits per heavy atom. The van der Waals surface area contributed by atoms with Gasteiger partial charge in [-0.3, -0.25) is 4.79 Å². The quantitative estimate of drug-likeness (QED) is 0.836. The number of aromatic nitrogens is 1. The zero-order valence-corrected chi connectivity index (χ0v) is 14.5. The van der Waals surface area contributed by atoms with Gasteiger partial charge in [-0.1, -0.05) is 19.1 Å². The van der Waals surface area contributed by atoms with E-state index in [4.69, 9.17) is 0 Å². The number of halogens is 3. The number of anilines is 1. The van der Waals surface area contributed by atoms with E-state index < -0.39 is 11.7 Å². The maximum absolute atomic E-state index is 13.2. The number of piperazine rings is 1. The highest BCUT2D eigenvalue weighted by Crippen LogP contribution is 2.35. The molecule has 0 radical (unpaired) electrons. The third kappa shape index (κ3) is 3.81. The number of hydrogen-bond donors (Lipinski definition) is 0. The first-order valence-corrected chi connectivity index (χ1v) is 8.55. The van der Waals surface area contributed by atoms with Gasteiger partial charge in [0, 0.05) is 37.9 Å². The van der Waals surface area contributed by atoms with Crippen LogP contribution in [-0.4, -0.2) is 42.0 Å². The Hall–Kier alpha value is -2.57. The van der Waals surface area contributed by atoms with Crippen LogP contribution in [0.5, 0.6) is 0 Å². The van der Waals surface area contributed by atoms with E-state index in [0.29, 0.717) is 31.7 Å². The average Bonchev–Trinajstić information content (AvgIpc) is 2.67. The number of carbonyl (C=O) groups is 1. The van der Waals surface area contributed by atoms with Crippen molar-refractivity contribution in [3.05, 3.63) is 59.3 Å². The number of amides is 1. The van der Waals surface area contributed by atoms with Gasteiger partial charge in [0.2, 0.25) is 0 Å². The molecule has 1 fully saturated rings. The molecule has 1 amide bonds. The minimum atomic E-state index is -4.45. The number of pyridine rings is 1. The van der Waals surface area contributed by atoms with Gasteiger partial charge >= 0.3 is 6.18 Å². The van der Waals surface area contributed by atoms with Gasteiger partial charge in [0.05, 0.1) is 5.56 Å². The first-order chi connectivity index (χ1) is 12.4.